The summed E-state index contributed by atoms with van der Waals surface area (Å²) in [5.74, 6) is 1.49. The Morgan fingerprint density at radius 1 is 1.10 bits per heavy atom. The predicted molar refractivity (Wildman–Crippen MR) is 89.3 cm³/mol. The molecular formula is C16H17BrClNO2. The quantitative estimate of drug-likeness (QED) is 0.738. The maximum absolute atomic E-state index is 6.05. The zero-order valence-corrected chi connectivity index (χ0v) is 14.1. The van der Waals surface area contributed by atoms with Crippen molar-refractivity contribution >= 4 is 27.5 Å². The SMILES string of the molecule is CNCc1cccc(OCCOc2cc(Br)ccc2Cl)c1. The first-order valence-corrected chi connectivity index (χ1v) is 7.80. The molecule has 0 aliphatic heterocycles. The minimum atomic E-state index is 0.437. The van der Waals surface area contributed by atoms with Crippen molar-refractivity contribution in [3.05, 3.63) is 57.5 Å². The fourth-order valence-electron chi connectivity index (χ4n) is 1.85. The van der Waals surface area contributed by atoms with Crippen molar-refractivity contribution < 1.29 is 9.47 Å². The zero-order chi connectivity index (χ0) is 15.1. The predicted octanol–water partition coefficient (Wildman–Crippen LogP) is 4.28. The molecule has 2 aromatic carbocycles. The fourth-order valence-corrected chi connectivity index (χ4v) is 2.36. The number of benzene rings is 2. The second kappa shape index (κ2) is 8.27. The van der Waals surface area contributed by atoms with Gasteiger partial charge in [-0.25, -0.2) is 0 Å². The molecule has 1 N–H and O–H groups in total. The van der Waals surface area contributed by atoms with Crippen LogP contribution in [-0.2, 0) is 6.54 Å². The monoisotopic (exact) mass is 369 g/mol. The molecule has 2 aromatic rings. The van der Waals surface area contributed by atoms with E-state index < -0.39 is 0 Å². The molecule has 0 saturated heterocycles. The first-order valence-electron chi connectivity index (χ1n) is 6.63. The summed E-state index contributed by atoms with van der Waals surface area (Å²) in [4.78, 5) is 0. The highest BCUT2D eigenvalue weighted by molar-refractivity contribution is 9.10. The Kier molecular flexibility index (Phi) is 6.36. The van der Waals surface area contributed by atoms with Gasteiger partial charge in [-0.1, -0.05) is 39.7 Å². The van der Waals surface area contributed by atoms with E-state index in [0.717, 1.165) is 16.8 Å². The lowest BCUT2D eigenvalue weighted by Gasteiger charge is -2.10. The number of rotatable bonds is 7. The minimum Gasteiger partial charge on any atom is -0.490 e. The Hall–Kier alpha value is -1.23. The van der Waals surface area contributed by atoms with Gasteiger partial charge in [0.1, 0.15) is 24.7 Å². The van der Waals surface area contributed by atoms with Gasteiger partial charge in [-0.05, 0) is 42.9 Å². The van der Waals surface area contributed by atoms with Crippen LogP contribution in [0.5, 0.6) is 11.5 Å². The molecule has 3 nitrogen and oxygen atoms in total. The van der Waals surface area contributed by atoms with Crippen molar-refractivity contribution in [1.82, 2.24) is 5.32 Å². The number of hydrogen-bond acceptors (Lipinski definition) is 3. The van der Waals surface area contributed by atoms with Crippen molar-refractivity contribution in [3.8, 4) is 11.5 Å². The minimum absolute atomic E-state index is 0.437. The summed E-state index contributed by atoms with van der Waals surface area (Å²) in [5, 5.41) is 3.70. The third kappa shape index (κ3) is 5.23. The summed E-state index contributed by atoms with van der Waals surface area (Å²) in [5.41, 5.74) is 1.19. The lowest BCUT2D eigenvalue weighted by molar-refractivity contribution is 0.217. The smallest absolute Gasteiger partial charge is 0.139 e. The van der Waals surface area contributed by atoms with E-state index in [1.165, 1.54) is 5.56 Å². The topological polar surface area (TPSA) is 30.5 Å². The molecule has 0 saturated carbocycles. The van der Waals surface area contributed by atoms with Gasteiger partial charge in [0.2, 0.25) is 0 Å². The molecule has 0 atom stereocenters. The first-order chi connectivity index (χ1) is 10.2. The number of nitrogens with one attached hydrogen (secondary N) is 1. The van der Waals surface area contributed by atoms with Crippen LogP contribution >= 0.6 is 27.5 Å². The second-order valence-corrected chi connectivity index (χ2v) is 5.77. The fraction of sp³-hybridized carbons (Fsp3) is 0.250. The van der Waals surface area contributed by atoms with Gasteiger partial charge in [0.05, 0.1) is 5.02 Å². The lowest BCUT2D eigenvalue weighted by Crippen LogP contribution is -2.10. The van der Waals surface area contributed by atoms with Crippen molar-refractivity contribution in [3.63, 3.8) is 0 Å². The molecule has 21 heavy (non-hydrogen) atoms. The molecule has 0 aliphatic rings. The summed E-state index contributed by atoms with van der Waals surface area (Å²) in [6, 6.07) is 13.5. The van der Waals surface area contributed by atoms with Gasteiger partial charge in [0.25, 0.3) is 0 Å². The van der Waals surface area contributed by atoms with Crippen LogP contribution in [0, 0.1) is 0 Å². The third-order valence-electron chi connectivity index (χ3n) is 2.78. The lowest BCUT2D eigenvalue weighted by atomic mass is 10.2. The van der Waals surface area contributed by atoms with Gasteiger partial charge in [0.15, 0.2) is 0 Å². The van der Waals surface area contributed by atoms with E-state index in [9.17, 15) is 0 Å². The van der Waals surface area contributed by atoms with E-state index in [2.05, 4.69) is 27.3 Å². The average Bonchev–Trinajstić information content (AvgIpc) is 2.48. The largest absolute Gasteiger partial charge is 0.490 e. The van der Waals surface area contributed by atoms with Crippen molar-refractivity contribution in [2.45, 2.75) is 6.54 Å². The Morgan fingerprint density at radius 3 is 2.71 bits per heavy atom. The molecule has 0 fully saturated rings. The second-order valence-electron chi connectivity index (χ2n) is 4.45. The van der Waals surface area contributed by atoms with Crippen LogP contribution in [0.2, 0.25) is 5.02 Å². The molecular weight excluding hydrogens is 354 g/mol. The zero-order valence-electron chi connectivity index (χ0n) is 11.7. The van der Waals surface area contributed by atoms with Crippen LogP contribution in [0.15, 0.2) is 46.9 Å². The van der Waals surface area contributed by atoms with Crippen molar-refractivity contribution in [1.29, 1.82) is 0 Å². The van der Waals surface area contributed by atoms with Gasteiger partial charge in [-0.2, -0.15) is 0 Å². The Morgan fingerprint density at radius 2 is 1.90 bits per heavy atom. The molecule has 0 aromatic heterocycles. The third-order valence-corrected chi connectivity index (χ3v) is 3.59. The van der Waals surface area contributed by atoms with Crippen LogP contribution < -0.4 is 14.8 Å². The normalized spacial score (nSPS) is 10.4. The summed E-state index contributed by atoms with van der Waals surface area (Å²) >= 11 is 9.44. The molecule has 0 heterocycles. The Balaban J connectivity index is 1.81. The number of halogens is 2. The first kappa shape index (κ1) is 16.1. The summed E-state index contributed by atoms with van der Waals surface area (Å²) in [7, 11) is 1.92. The molecule has 5 heteroatoms. The van der Waals surface area contributed by atoms with E-state index in [1.807, 2.05) is 37.4 Å². The van der Waals surface area contributed by atoms with Crippen LogP contribution in [-0.4, -0.2) is 20.3 Å². The molecule has 112 valence electrons. The molecule has 0 spiro atoms. The molecule has 0 unspecified atom stereocenters. The average molecular weight is 371 g/mol. The van der Waals surface area contributed by atoms with Crippen LogP contribution in [0.4, 0.5) is 0 Å². The van der Waals surface area contributed by atoms with Crippen molar-refractivity contribution in [2.24, 2.45) is 0 Å². The van der Waals surface area contributed by atoms with Crippen molar-refractivity contribution in [2.75, 3.05) is 20.3 Å². The maximum Gasteiger partial charge on any atom is 0.139 e. The summed E-state index contributed by atoms with van der Waals surface area (Å²) in [6.45, 7) is 1.72. The Labute approximate surface area is 138 Å². The van der Waals surface area contributed by atoms with E-state index >= 15 is 0 Å². The Bertz CT molecular complexity index is 592. The van der Waals surface area contributed by atoms with Crippen LogP contribution in [0.25, 0.3) is 0 Å². The van der Waals surface area contributed by atoms with Gasteiger partial charge >= 0.3 is 0 Å². The summed E-state index contributed by atoms with van der Waals surface area (Å²) in [6.07, 6.45) is 0. The van der Waals surface area contributed by atoms with Gasteiger partial charge in [-0.15, -0.1) is 0 Å². The van der Waals surface area contributed by atoms with E-state index in [0.29, 0.717) is 24.0 Å². The van der Waals surface area contributed by atoms with Crippen LogP contribution in [0.3, 0.4) is 0 Å². The van der Waals surface area contributed by atoms with E-state index in [-0.39, 0.29) is 0 Å². The standard InChI is InChI=1S/C16H17BrClNO2/c1-19-11-12-3-2-4-14(9-12)20-7-8-21-16-10-13(17)5-6-15(16)18/h2-6,9-10,19H,7-8,11H2,1H3. The van der Waals surface area contributed by atoms with Gasteiger partial charge < -0.3 is 14.8 Å². The highest BCUT2D eigenvalue weighted by Gasteiger charge is 2.02. The highest BCUT2D eigenvalue weighted by atomic mass is 79.9. The molecule has 0 amide bonds. The molecule has 2 rings (SSSR count). The van der Waals surface area contributed by atoms with E-state index in [1.54, 1.807) is 6.07 Å². The van der Waals surface area contributed by atoms with Gasteiger partial charge in [-0.3, -0.25) is 0 Å². The number of ether oxygens (including phenoxy) is 2. The highest BCUT2D eigenvalue weighted by Crippen LogP contribution is 2.27. The maximum atomic E-state index is 6.05. The summed E-state index contributed by atoms with van der Waals surface area (Å²) < 4.78 is 12.2. The number of hydrogen-bond donors (Lipinski definition) is 1. The molecule has 0 aliphatic carbocycles. The molecule has 0 radical (unpaired) electrons. The molecule has 0 bridgehead atoms. The van der Waals surface area contributed by atoms with Crippen LogP contribution in [0.1, 0.15) is 5.56 Å². The van der Waals surface area contributed by atoms with E-state index in [4.69, 9.17) is 21.1 Å². The van der Waals surface area contributed by atoms with Gasteiger partial charge in [0, 0.05) is 11.0 Å².